The number of hydrogen-bond donors (Lipinski definition) is 4. The van der Waals surface area contributed by atoms with Crippen molar-refractivity contribution in [3.8, 4) is 11.5 Å². The number of rotatable bonds is 6. The molecule has 0 radical (unpaired) electrons. The maximum atomic E-state index is 13.1. The van der Waals surface area contributed by atoms with Crippen LogP contribution in [0.4, 0.5) is 4.79 Å². The molecule has 0 fully saturated rings. The van der Waals surface area contributed by atoms with Crippen molar-refractivity contribution in [1.82, 2.24) is 21.0 Å². The minimum Gasteiger partial charge on any atom is -0.493 e. The van der Waals surface area contributed by atoms with Gasteiger partial charge in [0.1, 0.15) is 0 Å². The second kappa shape index (κ2) is 9.07. The maximum Gasteiger partial charge on any atom is 0.319 e. The normalized spacial score (nSPS) is 16.0. The molecule has 2 aromatic carbocycles. The summed E-state index contributed by atoms with van der Waals surface area (Å²) in [6.45, 7) is 3.62. The average Bonchev–Trinajstić information content (AvgIpc) is 3.13. The number of aromatic amines is 1. The second-order valence-corrected chi connectivity index (χ2v) is 7.59. The molecule has 4 rings (SSSR count). The van der Waals surface area contributed by atoms with Crippen molar-refractivity contribution in [2.45, 2.75) is 19.9 Å². The lowest BCUT2D eigenvalue weighted by Gasteiger charge is -2.28. The number of hydrazone groups is 1. The van der Waals surface area contributed by atoms with Gasteiger partial charge in [-0.2, -0.15) is 5.10 Å². The highest BCUT2D eigenvalue weighted by atomic mass is 16.5. The second-order valence-electron chi connectivity index (χ2n) is 7.59. The molecule has 0 aliphatic carbocycles. The van der Waals surface area contributed by atoms with E-state index in [9.17, 15) is 9.59 Å². The van der Waals surface area contributed by atoms with Crippen molar-refractivity contribution in [3.05, 3.63) is 70.6 Å². The summed E-state index contributed by atoms with van der Waals surface area (Å²) in [6, 6.07) is 12.0. The van der Waals surface area contributed by atoms with Gasteiger partial charge in [-0.1, -0.05) is 24.3 Å². The number of hydrogen-bond acceptors (Lipinski definition) is 5. The van der Waals surface area contributed by atoms with Crippen LogP contribution in [0.25, 0.3) is 10.9 Å². The van der Waals surface area contributed by atoms with Gasteiger partial charge in [0, 0.05) is 27.9 Å². The van der Waals surface area contributed by atoms with Crippen LogP contribution in [0.5, 0.6) is 11.5 Å². The lowest BCUT2D eigenvalue weighted by molar-refractivity contribution is -0.117. The van der Waals surface area contributed by atoms with Gasteiger partial charge in [0.2, 0.25) is 0 Å². The molecule has 9 nitrogen and oxygen atoms in total. The van der Waals surface area contributed by atoms with E-state index in [-0.39, 0.29) is 0 Å². The van der Waals surface area contributed by atoms with Crippen LogP contribution in [0, 0.1) is 6.92 Å². The molecule has 0 saturated heterocycles. The smallest absolute Gasteiger partial charge is 0.319 e. The maximum absolute atomic E-state index is 13.1. The van der Waals surface area contributed by atoms with E-state index in [1.807, 2.05) is 31.2 Å². The van der Waals surface area contributed by atoms with Crippen LogP contribution in [0.3, 0.4) is 0 Å². The molecule has 0 saturated carbocycles. The van der Waals surface area contributed by atoms with E-state index in [0.717, 1.165) is 22.2 Å². The first-order valence-corrected chi connectivity index (χ1v) is 10.3. The SMILES string of the molecule is COc1ccc([C@@H]2NC(=O)NC(C)=C2C(=O)N/N=C/c2c(C)[nH]c3ccccc23)cc1OC. The first kappa shape index (κ1) is 21.9. The third-order valence-electron chi connectivity index (χ3n) is 5.56. The van der Waals surface area contributed by atoms with Crippen molar-refractivity contribution in [2.75, 3.05) is 14.2 Å². The molecule has 1 aromatic heterocycles. The Morgan fingerprint density at radius 2 is 1.85 bits per heavy atom. The summed E-state index contributed by atoms with van der Waals surface area (Å²) in [5.41, 5.74) is 6.87. The average molecular weight is 447 g/mol. The van der Waals surface area contributed by atoms with Crippen LogP contribution in [0.15, 0.2) is 58.8 Å². The number of allylic oxidation sites excluding steroid dienone is 1. The third kappa shape index (κ3) is 4.25. The lowest BCUT2D eigenvalue weighted by Crippen LogP contribution is -2.46. The van der Waals surface area contributed by atoms with E-state index in [2.05, 4.69) is 26.1 Å². The fourth-order valence-electron chi connectivity index (χ4n) is 3.96. The van der Waals surface area contributed by atoms with Gasteiger partial charge in [0.05, 0.1) is 32.0 Å². The van der Waals surface area contributed by atoms with Crippen LogP contribution in [0.1, 0.15) is 29.8 Å². The largest absolute Gasteiger partial charge is 0.493 e. The minimum atomic E-state index is -0.691. The summed E-state index contributed by atoms with van der Waals surface area (Å²) >= 11 is 0. The molecule has 9 heteroatoms. The number of nitrogens with zero attached hydrogens (tertiary/aromatic N) is 1. The Morgan fingerprint density at radius 1 is 1.09 bits per heavy atom. The Labute approximate surface area is 190 Å². The Hall–Kier alpha value is -4.27. The number of fused-ring (bicyclic) bond motifs is 1. The van der Waals surface area contributed by atoms with Crippen LogP contribution >= 0.6 is 0 Å². The van der Waals surface area contributed by atoms with Crippen molar-refractivity contribution in [2.24, 2.45) is 5.10 Å². The van der Waals surface area contributed by atoms with Crippen molar-refractivity contribution in [3.63, 3.8) is 0 Å². The number of para-hydroxylation sites is 1. The third-order valence-corrected chi connectivity index (χ3v) is 5.56. The molecular formula is C24H25N5O4. The zero-order chi connectivity index (χ0) is 23.5. The van der Waals surface area contributed by atoms with E-state index in [1.54, 1.807) is 38.4 Å². The van der Waals surface area contributed by atoms with E-state index >= 15 is 0 Å². The molecule has 1 atom stereocenters. The zero-order valence-electron chi connectivity index (χ0n) is 18.8. The molecule has 1 aliphatic heterocycles. The highest BCUT2D eigenvalue weighted by molar-refractivity contribution is 6.02. The lowest BCUT2D eigenvalue weighted by atomic mass is 9.94. The molecule has 170 valence electrons. The predicted molar refractivity (Wildman–Crippen MR) is 125 cm³/mol. The van der Waals surface area contributed by atoms with Crippen LogP contribution in [-0.2, 0) is 4.79 Å². The summed E-state index contributed by atoms with van der Waals surface area (Å²) in [7, 11) is 3.07. The molecule has 2 heterocycles. The highest BCUT2D eigenvalue weighted by Gasteiger charge is 2.31. The fraction of sp³-hybridized carbons (Fsp3) is 0.208. The first-order valence-electron chi connectivity index (χ1n) is 10.3. The van der Waals surface area contributed by atoms with E-state index < -0.39 is 18.0 Å². The van der Waals surface area contributed by atoms with E-state index in [0.29, 0.717) is 28.3 Å². The number of benzene rings is 2. The molecule has 0 bridgehead atoms. The predicted octanol–water partition coefficient (Wildman–Crippen LogP) is 3.27. The number of aryl methyl sites for hydroxylation is 1. The molecule has 33 heavy (non-hydrogen) atoms. The Balaban J connectivity index is 1.61. The molecular weight excluding hydrogens is 422 g/mol. The van der Waals surface area contributed by atoms with Crippen molar-refractivity contribution >= 4 is 29.1 Å². The van der Waals surface area contributed by atoms with Crippen LogP contribution < -0.4 is 25.5 Å². The number of H-pyrrole nitrogens is 1. The molecule has 1 aliphatic rings. The van der Waals surface area contributed by atoms with Crippen LogP contribution in [0.2, 0.25) is 0 Å². The van der Waals surface area contributed by atoms with Gasteiger partial charge in [-0.15, -0.1) is 0 Å². The monoisotopic (exact) mass is 447 g/mol. The first-order chi connectivity index (χ1) is 15.9. The molecule has 0 spiro atoms. The molecule has 4 N–H and O–H groups in total. The number of nitrogens with one attached hydrogen (secondary N) is 4. The number of carbonyl (C=O) groups is 2. The van der Waals surface area contributed by atoms with Gasteiger partial charge >= 0.3 is 6.03 Å². The highest BCUT2D eigenvalue weighted by Crippen LogP contribution is 2.34. The Kier molecular flexibility index (Phi) is 6.03. The van der Waals surface area contributed by atoms with Crippen molar-refractivity contribution < 1.29 is 19.1 Å². The summed E-state index contributed by atoms with van der Waals surface area (Å²) in [5.74, 6) is 0.605. The van der Waals surface area contributed by atoms with Gasteiger partial charge < -0.3 is 25.1 Å². The fourth-order valence-corrected chi connectivity index (χ4v) is 3.96. The Morgan fingerprint density at radius 3 is 2.61 bits per heavy atom. The summed E-state index contributed by atoms with van der Waals surface area (Å²) in [6.07, 6.45) is 1.61. The molecule has 3 aromatic rings. The topological polar surface area (TPSA) is 117 Å². The summed E-state index contributed by atoms with van der Waals surface area (Å²) in [4.78, 5) is 28.6. The minimum absolute atomic E-state index is 0.342. The van der Waals surface area contributed by atoms with Crippen LogP contribution in [-0.4, -0.2) is 37.4 Å². The standard InChI is InChI=1S/C24H25N5O4/c1-13-17(16-7-5-6-8-18(16)26-13)12-25-29-23(30)21-14(2)27-24(31)28-22(21)15-9-10-19(32-3)20(11-15)33-4/h5-12,22,26H,1-4H3,(H,29,30)(H2,27,28,31)/b25-12+/t22-/m0/s1. The van der Waals surface area contributed by atoms with Gasteiger partial charge in [-0.3, -0.25) is 4.79 Å². The number of urea groups is 1. The molecule has 0 unspecified atom stereocenters. The van der Waals surface area contributed by atoms with Gasteiger partial charge in [-0.25, -0.2) is 10.2 Å². The van der Waals surface area contributed by atoms with Gasteiger partial charge in [-0.05, 0) is 37.6 Å². The zero-order valence-corrected chi connectivity index (χ0v) is 18.8. The number of carbonyl (C=O) groups excluding carboxylic acids is 2. The molecule has 3 amide bonds. The Bertz CT molecular complexity index is 1290. The number of methoxy groups -OCH3 is 2. The summed E-state index contributed by atoms with van der Waals surface area (Å²) in [5, 5.41) is 10.6. The summed E-state index contributed by atoms with van der Waals surface area (Å²) < 4.78 is 10.7. The van der Waals surface area contributed by atoms with Crippen molar-refractivity contribution in [1.29, 1.82) is 0 Å². The number of ether oxygens (including phenoxy) is 2. The number of amides is 3. The van der Waals surface area contributed by atoms with Gasteiger partial charge in [0.15, 0.2) is 11.5 Å². The van der Waals surface area contributed by atoms with E-state index in [4.69, 9.17) is 9.47 Å². The quantitative estimate of drug-likeness (QED) is 0.343. The number of aromatic nitrogens is 1. The van der Waals surface area contributed by atoms with Gasteiger partial charge in [0.25, 0.3) is 5.91 Å². The van der Waals surface area contributed by atoms with E-state index in [1.165, 1.54) is 7.11 Å².